The molecule has 0 aliphatic carbocycles. The van der Waals surface area contributed by atoms with E-state index in [-0.39, 0.29) is 4.88 Å². The Balaban J connectivity index is 2.52. The molecule has 0 bridgehead atoms. The summed E-state index contributed by atoms with van der Waals surface area (Å²) < 4.78 is 37.5. The van der Waals surface area contributed by atoms with Crippen LogP contribution >= 0.6 is 11.3 Å². The first-order valence-electron chi connectivity index (χ1n) is 4.39. The molecule has 0 aromatic carbocycles. The van der Waals surface area contributed by atoms with Gasteiger partial charge in [0.05, 0.1) is 20.7 Å². The van der Waals surface area contributed by atoms with Gasteiger partial charge in [-0.1, -0.05) is 0 Å². The maximum Gasteiger partial charge on any atom is 0.417 e. The molecule has 2 aromatic rings. The van der Waals surface area contributed by atoms with Gasteiger partial charge in [0.15, 0.2) is 0 Å². The highest BCUT2D eigenvalue weighted by Gasteiger charge is 2.31. The fourth-order valence-corrected chi connectivity index (χ4v) is 2.22. The fourth-order valence-electron chi connectivity index (χ4n) is 1.26. The molecule has 0 unspecified atom stereocenters. The molecule has 0 aliphatic rings. The van der Waals surface area contributed by atoms with E-state index in [1.807, 2.05) is 5.43 Å². The number of nitrogen functional groups attached to an aromatic ring is 1. The molecule has 8 heteroatoms. The molecule has 0 atom stereocenters. The Morgan fingerprint density at radius 1 is 1.41 bits per heavy atom. The zero-order valence-electron chi connectivity index (χ0n) is 8.21. The second-order valence-electron chi connectivity index (χ2n) is 3.19. The number of halogens is 3. The molecule has 2 heterocycles. The lowest BCUT2D eigenvalue weighted by Gasteiger charge is -2.04. The van der Waals surface area contributed by atoms with Crippen LogP contribution in [0, 0.1) is 0 Å². The van der Waals surface area contributed by atoms with E-state index < -0.39 is 17.6 Å². The van der Waals surface area contributed by atoms with Crippen molar-refractivity contribution in [3.63, 3.8) is 0 Å². The second-order valence-corrected chi connectivity index (χ2v) is 4.27. The summed E-state index contributed by atoms with van der Waals surface area (Å²) in [6, 6.07) is 2.35. The number of aromatic nitrogens is 1. The monoisotopic (exact) mass is 261 g/mol. The minimum Gasteiger partial charge on any atom is -0.289 e. The number of thiophene rings is 1. The van der Waals surface area contributed by atoms with Crippen molar-refractivity contribution in [3.05, 3.63) is 28.8 Å². The molecular weight excluding hydrogens is 255 g/mol. The van der Waals surface area contributed by atoms with Crippen molar-refractivity contribution < 1.29 is 18.0 Å². The quantitative estimate of drug-likeness (QED) is 0.468. The summed E-state index contributed by atoms with van der Waals surface area (Å²) in [5.74, 6) is 4.38. The van der Waals surface area contributed by atoms with Crippen LogP contribution < -0.4 is 11.3 Å². The van der Waals surface area contributed by atoms with Gasteiger partial charge in [0.2, 0.25) is 0 Å². The third kappa shape index (κ3) is 2.22. The summed E-state index contributed by atoms with van der Waals surface area (Å²) in [6.45, 7) is 0. The van der Waals surface area contributed by atoms with Gasteiger partial charge >= 0.3 is 6.18 Å². The summed E-state index contributed by atoms with van der Waals surface area (Å²) in [6.07, 6.45) is -3.71. The summed E-state index contributed by atoms with van der Waals surface area (Å²) in [4.78, 5) is 15.1. The lowest BCUT2D eigenvalue weighted by atomic mass is 10.2. The number of pyridine rings is 1. The van der Waals surface area contributed by atoms with Crippen molar-refractivity contribution >= 4 is 27.5 Å². The third-order valence-electron chi connectivity index (χ3n) is 2.05. The van der Waals surface area contributed by atoms with Crippen LogP contribution in [0.5, 0.6) is 0 Å². The van der Waals surface area contributed by atoms with Gasteiger partial charge in [-0.3, -0.25) is 15.2 Å². The Hall–Kier alpha value is -1.67. The first-order valence-corrected chi connectivity index (χ1v) is 5.21. The van der Waals surface area contributed by atoms with E-state index in [9.17, 15) is 18.0 Å². The van der Waals surface area contributed by atoms with E-state index >= 15 is 0 Å². The van der Waals surface area contributed by atoms with Crippen LogP contribution in [-0.2, 0) is 6.18 Å². The van der Waals surface area contributed by atoms with Crippen LogP contribution in [-0.4, -0.2) is 10.9 Å². The largest absolute Gasteiger partial charge is 0.417 e. The van der Waals surface area contributed by atoms with Crippen molar-refractivity contribution in [1.29, 1.82) is 0 Å². The number of nitrogens with one attached hydrogen (secondary N) is 1. The number of nitrogens with two attached hydrogens (primary N) is 1. The predicted octanol–water partition coefficient (Wildman–Crippen LogP) is 1.92. The summed E-state index contributed by atoms with van der Waals surface area (Å²) >= 11 is 0.906. The molecule has 3 N–H and O–H groups in total. The summed E-state index contributed by atoms with van der Waals surface area (Å²) in [5, 5.41) is 0. The van der Waals surface area contributed by atoms with Crippen LogP contribution in [0.15, 0.2) is 18.3 Å². The zero-order valence-corrected chi connectivity index (χ0v) is 9.02. The number of amides is 1. The Morgan fingerprint density at radius 2 is 2.12 bits per heavy atom. The second kappa shape index (κ2) is 3.97. The van der Waals surface area contributed by atoms with Gasteiger partial charge < -0.3 is 0 Å². The minimum atomic E-state index is -4.44. The van der Waals surface area contributed by atoms with Gasteiger partial charge in [-0.2, -0.15) is 13.2 Å². The van der Waals surface area contributed by atoms with Crippen molar-refractivity contribution in [3.8, 4) is 0 Å². The molecular formula is C9H6F3N3OS. The Bertz CT molecular complexity index is 578. The van der Waals surface area contributed by atoms with Crippen LogP contribution in [0.4, 0.5) is 13.2 Å². The highest BCUT2D eigenvalue weighted by Crippen LogP contribution is 2.32. The first kappa shape index (κ1) is 11.8. The van der Waals surface area contributed by atoms with E-state index in [0.29, 0.717) is 10.2 Å². The summed E-state index contributed by atoms with van der Waals surface area (Å²) in [5.41, 5.74) is 1.40. The number of nitrogens with zero attached hydrogens (tertiary/aromatic N) is 1. The van der Waals surface area contributed by atoms with E-state index in [2.05, 4.69) is 4.98 Å². The number of hydrogen-bond acceptors (Lipinski definition) is 4. The normalized spacial score (nSPS) is 11.8. The number of rotatable bonds is 1. The van der Waals surface area contributed by atoms with Gasteiger partial charge in [-0.05, 0) is 12.1 Å². The molecule has 90 valence electrons. The van der Waals surface area contributed by atoms with Crippen molar-refractivity contribution in [2.75, 3.05) is 0 Å². The van der Waals surface area contributed by atoms with Gasteiger partial charge in [0, 0.05) is 6.20 Å². The van der Waals surface area contributed by atoms with E-state index in [1.165, 1.54) is 6.07 Å². The number of hydrogen-bond donors (Lipinski definition) is 2. The van der Waals surface area contributed by atoms with Crippen molar-refractivity contribution in [2.24, 2.45) is 5.84 Å². The van der Waals surface area contributed by atoms with Gasteiger partial charge in [0.25, 0.3) is 5.91 Å². The minimum absolute atomic E-state index is 0.217. The molecule has 0 fully saturated rings. The molecule has 17 heavy (non-hydrogen) atoms. The average Bonchev–Trinajstić information content (AvgIpc) is 2.69. The highest BCUT2D eigenvalue weighted by atomic mass is 32.1. The smallest absolute Gasteiger partial charge is 0.289 e. The summed E-state index contributed by atoms with van der Waals surface area (Å²) in [7, 11) is 0. The number of alkyl halides is 3. The van der Waals surface area contributed by atoms with Gasteiger partial charge in [0.1, 0.15) is 0 Å². The molecule has 4 nitrogen and oxygen atoms in total. The maximum absolute atomic E-state index is 12.4. The predicted molar refractivity (Wildman–Crippen MR) is 56.3 cm³/mol. The molecule has 2 aromatic heterocycles. The van der Waals surface area contributed by atoms with E-state index in [4.69, 9.17) is 5.84 Å². The van der Waals surface area contributed by atoms with Crippen LogP contribution in [0.1, 0.15) is 15.2 Å². The Kier molecular flexibility index (Phi) is 2.76. The van der Waals surface area contributed by atoms with Crippen molar-refractivity contribution in [2.45, 2.75) is 6.18 Å². The Morgan fingerprint density at radius 3 is 2.71 bits per heavy atom. The van der Waals surface area contributed by atoms with E-state index in [0.717, 1.165) is 23.6 Å². The van der Waals surface area contributed by atoms with Crippen LogP contribution in [0.3, 0.4) is 0 Å². The zero-order chi connectivity index (χ0) is 12.6. The molecule has 0 saturated heterocycles. The molecule has 0 aliphatic heterocycles. The lowest BCUT2D eigenvalue weighted by molar-refractivity contribution is -0.137. The number of carbonyl (C=O) groups excluding carboxylic acids is 1. The third-order valence-corrected chi connectivity index (χ3v) is 3.12. The SMILES string of the molecule is NNC(=O)c1cc2ncc(C(F)(F)F)cc2s1. The molecule has 0 radical (unpaired) electrons. The van der Waals surface area contributed by atoms with Crippen LogP contribution in [0.25, 0.3) is 10.2 Å². The van der Waals surface area contributed by atoms with Gasteiger partial charge in [-0.15, -0.1) is 11.3 Å². The van der Waals surface area contributed by atoms with E-state index in [1.54, 1.807) is 0 Å². The highest BCUT2D eigenvalue weighted by molar-refractivity contribution is 7.20. The average molecular weight is 261 g/mol. The van der Waals surface area contributed by atoms with Crippen LogP contribution in [0.2, 0.25) is 0 Å². The van der Waals surface area contributed by atoms with Crippen molar-refractivity contribution in [1.82, 2.24) is 10.4 Å². The Labute approximate surface area is 97.2 Å². The molecule has 0 spiro atoms. The molecule has 0 saturated carbocycles. The maximum atomic E-state index is 12.4. The number of carbonyl (C=O) groups is 1. The lowest BCUT2D eigenvalue weighted by Crippen LogP contribution is -2.29. The topological polar surface area (TPSA) is 68.0 Å². The molecule has 2 rings (SSSR count). The number of fused-ring (bicyclic) bond motifs is 1. The fraction of sp³-hybridized carbons (Fsp3) is 0.111. The molecule has 1 amide bonds. The standard InChI is InChI=1S/C9H6F3N3OS/c10-9(11,12)4-1-6-5(14-3-4)2-7(17-6)8(16)15-13/h1-3H,13H2,(H,15,16). The van der Waals surface area contributed by atoms with Gasteiger partial charge in [-0.25, -0.2) is 5.84 Å². The number of hydrazine groups is 1. The first-order chi connectivity index (χ1) is 7.91.